The van der Waals surface area contributed by atoms with Crippen molar-refractivity contribution in [3.8, 4) is 0 Å². The maximum atomic E-state index is 12.7. The second kappa shape index (κ2) is 4.77. The lowest BCUT2D eigenvalue weighted by Crippen LogP contribution is -2.21. The van der Waals surface area contributed by atoms with Gasteiger partial charge in [-0.05, 0) is 43.0 Å². The van der Waals surface area contributed by atoms with E-state index >= 15 is 0 Å². The van der Waals surface area contributed by atoms with E-state index < -0.39 is 0 Å². The summed E-state index contributed by atoms with van der Waals surface area (Å²) < 4.78 is 12.7. The maximum Gasteiger partial charge on any atom is 0.165 e. The number of carbonyl (C=O) groups is 1. The minimum atomic E-state index is -0.284. The van der Waals surface area contributed by atoms with Gasteiger partial charge in [-0.2, -0.15) is 0 Å². The minimum Gasteiger partial charge on any atom is -0.294 e. The van der Waals surface area contributed by atoms with E-state index in [0.29, 0.717) is 11.5 Å². The molecule has 1 saturated carbocycles. The number of rotatable bonds is 2. The summed E-state index contributed by atoms with van der Waals surface area (Å²) in [6, 6.07) is 5.91. The summed E-state index contributed by atoms with van der Waals surface area (Å²) in [7, 11) is 0. The van der Waals surface area contributed by atoms with Gasteiger partial charge in [0.25, 0.3) is 0 Å². The fraction of sp³-hybridized carbons (Fsp3) is 0.500. The first-order valence-corrected chi connectivity index (χ1v) is 5.96. The average Bonchev–Trinajstić information content (AvgIpc) is 2.29. The first kappa shape index (κ1) is 11.3. The van der Waals surface area contributed by atoms with Gasteiger partial charge < -0.3 is 0 Å². The highest BCUT2D eigenvalue weighted by molar-refractivity contribution is 5.97. The smallest absolute Gasteiger partial charge is 0.165 e. The van der Waals surface area contributed by atoms with Gasteiger partial charge in [-0.25, -0.2) is 4.39 Å². The Morgan fingerprint density at radius 3 is 2.56 bits per heavy atom. The molecule has 86 valence electrons. The Bertz CT molecular complexity index is 369. The molecule has 1 nitrogen and oxygen atoms in total. The standard InChI is InChI=1S/C14H17FO/c1-10-3-2-4-12(9-10)14(16)11-5-7-13(15)8-6-11/h5-8,10,12H,2-4,9H2,1H3. The Morgan fingerprint density at radius 1 is 1.25 bits per heavy atom. The molecular formula is C14H17FO. The van der Waals surface area contributed by atoms with Crippen molar-refractivity contribution in [3.63, 3.8) is 0 Å². The predicted octanol–water partition coefficient (Wildman–Crippen LogP) is 3.83. The van der Waals surface area contributed by atoms with Crippen LogP contribution in [0.15, 0.2) is 24.3 Å². The van der Waals surface area contributed by atoms with E-state index in [-0.39, 0.29) is 17.5 Å². The van der Waals surface area contributed by atoms with E-state index in [2.05, 4.69) is 6.92 Å². The van der Waals surface area contributed by atoms with Crippen LogP contribution in [-0.2, 0) is 0 Å². The van der Waals surface area contributed by atoms with Crippen molar-refractivity contribution in [1.82, 2.24) is 0 Å². The van der Waals surface area contributed by atoms with Crippen molar-refractivity contribution in [2.45, 2.75) is 32.6 Å². The number of carbonyl (C=O) groups excluding carboxylic acids is 1. The lowest BCUT2D eigenvalue weighted by Gasteiger charge is -2.25. The lowest BCUT2D eigenvalue weighted by molar-refractivity contribution is 0.0868. The van der Waals surface area contributed by atoms with Crippen molar-refractivity contribution in [2.75, 3.05) is 0 Å². The van der Waals surface area contributed by atoms with Crippen molar-refractivity contribution >= 4 is 5.78 Å². The summed E-state index contributed by atoms with van der Waals surface area (Å²) in [5.74, 6) is 0.692. The van der Waals surface area contributed by atoms with E-state index in [0.717, 1.165) is 19.3 Å². The van der Waals surface area contributed by atoms with E-state index in [1.807, 2.05) is 0 Å². The zero-order valence-electron chi connectivity index (χ0n) is 9.58. The maximum absolute atomic E-state index is 12.7. The van der Waals surface area contributed by atoms with Gasteiger partial charge in [-0.15, -0.1) is 0 Å². The van der Waals surface area contributed by atoms with Crippen LogP contribution in [0.3, 0.4) is 0 Å². The number of hydrogen-bond acceptors (Lipinski definition) is 1. The molecule has 2 heteroatoms. The van der Waals surface area contributed by atoms with Crippen molar-refractivity contribution in [2.24, 2.45) is 11.8 Å². The van der Waals surface area contributed by atoms with Crippen LogP contribution in [0.25, 0.3) is 0 Å². The average molecular weight is 220 g/mol. The summed E-state index contributed by atoms with van der Waals surface area (Å²) in [5, 5.41) is 0. The molecule has 2 rings (SSSR count). The first-order valence-electron chi connectivity index (χ1n) is 5.96. The fourth-order valence-electron chi connectivity index (χ4n) is 2.52. The predicted molar refractivity (Wildman–Crippen MR) is 61.9 cm³/mol. The second-order valence-electron chi connectivity index (χ2n) is 4.84. The van der Waals surface area contributed by atoms with Gasteiger partial charge in [0.2, 0.25) is 0 Å². The first-order chi connectivity index (χ1) is 7.66. The summed E-state index contributed by atoms with van der Waals surface area (Å²) in [5.41, 5.74) is 0.653. The van der Waals surface area contributed by atoms with Crippen molar-refractivity contribution in [3.05, 3.63) is 35.6 Å². The summed E-state index contributed by atoms with van der Waals surface area (Å²) >= 11 is 0. The molecule has 1 fully saturated rings. The summed E-state index contributed by atoms with van der Waals surface area (Å²) in [6.45, 7) is 2.20. The monoisotopic (exact) mass is 220 g/mol. The van der Waals surface area contributed by atoms with Gasteiger partial charge in [0.15, 0.2) is 5.78 Å². The molecule has 0 spiro atoms. The van der Waals surface area contributed by atoms with Crippen LogP contribution in [0.2, 0.25) is 0 Å². The zero-order valence-corrected chi connectivity index (χ0v) is 9.58. The van der Waals surface area contributed by atoms with Crippen LogP contribution in [-0.4, -0.2) is 5.78 Å². The molecule has 2 unspecified atom stereocenters. The van der Waals surface area contributed by atoms with E-state index in [1.54, 1.807) is 12.1 Å². The van der Waals surface area contributed by atoms with Gasteiger partial charge in [0.05, 0.1) is 0 Å². The van der Waals surface area contributed by atoms with Gasteiger partial charge in [0, 0.05) is 11.5 Å². The fourth-order valence-corrected chi connectivity index (χ4v) is 2.52. The molecule has 1 aliphatic carbocycles. The molecule has 0 aliphatic heterocycles. The number of benzene rings is 1. The molecule has 1 aliphatic rings. The van der Waals surface area contributed by atoms with Crippen LogP contribution >= 0.6 is 0 Å². The lowest BCUT2D eigenvalue weighted by atomic mass is 9.79. The summed E-state index contributed by atoms with van der Waals surface area (Å²) in [4.78, 5) is 12.1. The number of Topliss-reactive ketones (excluding diaryl/α,β-unsaturated/α-hetero) is 1. The molecule has 0 saturated heterocycles. The van der Waals surface area contributed by atoms with Crippen LogP contribution in [0.4, 0.5) is 4.39 Å². The Labute approximate surface area is 95.7 Å². The second-order valence-corrected chi connectivity index (χ2v) is 4.84. The number of hydrogen-bond donors (Lipinski definition) is 0. The Hall–Kier alpha value is -1.18. The highest BCUT2D eigenvalue weighted by Crippen LogP contribution is 2.30. The summed E-state index contributed by atoms with van der Waals surface area (Å²) in [6.07, 6.45) is 4.34. The molecule has 0 radical (unpaired) electrons. The van der Waals surface area contributed by atoms with Crippen LogP contribution in [0.5, 0.6) is 0 Å². The minimum absolute atomic E-state index is 0.147. The highest BCUT2D eigenvalue weighted by atomic mass is 19.1. The van der Waals surface area contributed by atoms with Crippen LogP contribution in [0, 0.1) is 17.7 Å². The SMILES string of the molecule is CC1CCCC(C(=O)c2ccc(F)cc2)C1. The Kier molecular flexibility index (Phi) is 3.37. The van der Waals surface area contributed by atoms with Gasteiger partial charge in [0.1, 0.15) is 5.82 Å². The molecule has 2 atom stereocenters. The van der Waals surface area contributed by atoms with Gasteiger partial charge >= 0.3 is 0 Å². The molecule has 16 heavy (non-hydrogen) atoms. The van der Waals surface area contributed by atoms with E-state index in [1.165, 1.54) is 18.6 Å². The molecule has 0 aromatic heterocycles. The Morgan fingerprint density at radius 2 is 1.94 bits per heavy atom. The third-order valence-corrected chi connectivity index (χ3v) is 3.44. The third kappa shape index (κ3) is 2.49. The van der Waals surface area contributed by atoms with Crippen LogP contribution in [0.1, 0.15) is 43.0 Å². The number of ketones is 1. The third-order valence-electron chi connectivity index (χ3n) is 3.44. The largest absolute Gasteiger partial charge is 0.294 e. The van der Waals surface area contributed by atoms with Gasteiger partial charge in [-0.3, -0.25) is 4.79 Å². The normalized spacial score (nSPS) is 25.4. The molecular weight excluding hydrogens is 203 g/mol. The molecule has 1 aromatic carbocycles. The molecule has 0 bridgehead atoms. The number of halogens is 1. The van der Waals surface area contributed by atoms with Crippen molar-refractivity contribution < 1.29 is 9.18 Å². The van der Waals surface area contributed by atoms with E-state index in [4.69, 9.17) is 0 Å². The molecule has 0 heterocycles. The Balaban J connectivity index is 2.09. The topological polar surface area (TPSA) is 17.1 Å². The van der Waals surface area contributed by atoms with E-state index in [9.17, 15) is 9.18 Å². The van der Waals surface area contributed by atoms with Crippen LogP contribution < -0.4 is 0 Å². The zero-order chi connectivity index (χ0) is 11.5. The van der Waals surface area contributed by atoms with Crippen molar-refractivity contribution in [1.29, 1.82) is 0 Å². The van der Waals surface area contributed by atoms with Gasteiger partial charge in [-0.1, -0.05) is 19.8 Å². The quantitative estimate of drug-likeness (QED) is 0.692. The molecule has 0 amide bonds. The molecule has 1 aromatic rings. The molecule has 0 N–H and O–H groups in total. The highest BCUT2D eigenvalue weighted by Gasteiger charge is 2.25.